The smallest absolute Gasteiger partial charge is 0.263 e. The SMILES string of the molecule is CC(N=C1NS(=O)(=O)c2ccccc21)C(=O)NCCCN.Cl. The minimum Gasteiger partial charge on any atom is -0.354 e. The molecule has 1 unspecified atom stereocenters. The maximum Gasteiger partial charge on any atom is 0.263 e. The van der Waals surface area contributed by atoms with Gasteiger partial charge < -0.3 is 11.1 Å². The molecule has 0 saturated carbocycles. The van der Waals surface area contributed by atoms with Gasteiger partial charge in [-0.3, -0.25) is 14.5 Å². The number of halogens is 1. The molecule has 7 nitrogen and oxygen atoms in total. The van der Waals surface area contributed by atoms with E-state index in [1.807, 2.05) is 0 Å². The highest BCUT2D eigenvalue weighted by Crippen LogP contribution is 2.22. The number of amidine groups is 1. The summed E-state index contributed by atoms with van der Waals surface area (Å²) in [5.74, 6) is -0.0633. The van der Waals surface area contributed by atoms with Crippen LogP contribution in [0, 0.1) is 0 Å². The molecule has 1 atom stereocenters. The first-order valence-corrected chi connectivity index (χ1v) is 8.12. The number of rotatable bonds is 5. The molecule has 1 aromatic carbocycles. The van der Waals surface area contributed by atoms with Crippen LogP contribution in [0.5, 0.6) is 0 Å². The highest BCUT2D eigenvalue weighted by molar-refractivity contribution is 7.90. The molecule has 1 amide bonds. The van der Waals surface area contributed by atoms with Gasteiger partial charge in [0.15, 0.2) is 0 Å². The lowest BCUT2D eigenvalue weighted by Gasteiger charge is -2.09. The number of aliphatic imine (C=N–C) groups is 1. The summed E-state index contributed by atoms with van der Waals surface area (Å²) in [6.07, 6.45) is 0.685. The van der Waals surface area contributed by atoms with Crippen LogP contribution < -0.4 is 15.8 Å². The molecule has 0 aliphatic carbocycles. The van der Waals surface area contributed by atoms with Gasteiger partial charge in [0.25, 0.3) is 10.0 Å². The molecular formula is C13H19ClN4O3S. The fourth-order valence-electron chi connectivity index (χ4n) is 1.94. The second-order valence-electron chi connectivity index (χ2n) is 4.69. The van der Waals surface area contributed by atoms with E-state index < -0.39 is 16.1 Å². The molecule has 4 N–H and O–H groups in total. The van der Waals surface area contributed by atoms with Crippen LogP contribution in [-0.2, 0) is 14.8 Å². The largest absolute Gasteiger partial charge is 0.354 e. The summed E-state index contributed by atoms with van der Waals surface area (Å²) in [5.41, 5.74) is 5.84. The predicted molar refractivity (Wildman–Crippen MR) is 86.7 cm³/mol. The highest BCUT2D eigenvalue weighted by atomic mass is 35.5. The fraction of sp³-hybridized carbons (Fsp3) is 0.385. The number of sulfonamides is 1. The lowest BCUT2D eigenvalue weighted by Crippen LogP contribution is -2.35. The van der Waals surface area contributed by atoms with E-state index in [0.29, 0.717) is 25.1 Å². The molecule has 1 aromatic rings. The zero-order chi connectivity index (χ0) is 15.5. The molecule has 0 radical (unpaired) electrons. The van der Waals surface area contributed by atoms with Crippen molar-refractivity contribution in [1.29, 1.82) is 0 Å². The van der Waals surface area contributed by atoms with E-state index in [4.69, 9.17) is 5.73 Å². The van der Waals surface area contributed by atoms with Crippen molar-refractivity contribution in [3.63, 3.8) is 0 Å². The van der Waals surface area contributed by atoms with Crippen LogP contribution in [0.15, 0.2) is 34.2 Å². The monoisotopic (exact) mass is 346 g/mol. The first kappa shape index (κ1) is 18.4. The molecule has 1 aliphatic heterocycles. The van der Waals surface area contributed by atoms with Gasteiger partial charge in [-0.2, -0.15) is 0 Å². The maximum atomic E-state index is 11.9. The Bertz CT molecular complexity index is 676. The number of amides is 1. The van der Waals surface area contributed by atoms with Crippen LogP contribution in [0.25, 0.3) is 0 Å². The van der Waals surface area contributed by atoms with Crippen molar-refractivity contribution < 1.29 is 13.2 Å². The van der Waals surface area contributed by atoms with Crippen LogP contribution in [0.2, 0.25) is 0 Å². The number of hydrogen-bond acceptors (Lipinski definition) is 5. The van der Waals surface area contributed by atoms with Gasteiger partial charge in [-0.25, -0.2) is 8.42 Å². The number of benzene rings is 1. The Kier molecular flexibility index (Phi) is 6.34. The van der Waals surface area contributed by atoms with Crippen molar-refractivity contribution in [2.75, 3.05) is 13.1 Å². The fourth-order valence-corrected chi connectivity index (χ4v) is 3.18. The quantitative estimate of drug-likeness (QED) is 0.651. The normalized spacial score (nSPS) is 18.0. The Morgan fingerprint density at radius 1 is 1.41 bits per heavy atom. The van der Waals surface area contributed by atoms with Crippen LogP contribution in [-0.4, -0.2) is 39.3 Å². The molecule has 2 rings (SSSR count). The summed E-state index contributed by atoms with van der Waals surface area (Å²) in [6, 6.07) is 5.84. The van der Waals surface area contributed by atoms with Gasteiger partial charge in [0, 0.05) is 12.1 Å². The van der Waals surface area contributed by atoms with Gasteiger partial charge in [0.2, 0.25) is 5.91 Å². The predicted octanol–water partition coefficient (Wildman–Crippen LogP) is 0.000400. The lowest BCUT2D eigenvalue weighted by molar-refractivity contribution is -0.121. The summed E-state index contributed by atoms with van der Waals surface area (Å²) < 4.78 is 26.2. The molecule has 0 spiro atoms. The first-order chi connectivity index (χ1) is 9.95. The van der Waals surface area contributed by atoms with Crippen molar-refractivity contribution in [1.82, 2.24) is 10.0 Å². The van der Waals surface area contributed by atoms with Crippen LogP contribution in [0.3, 0.4) is 0 Å². The average Bonchev–Trinajstić information content (AvgIpc) is 2.71. The number of nitrogens with one attached hydrogen (secondary N) is 2. The van der Waals surface area contributed by atoms with E-state index in [9.17, 15) is 13.2 Å². The average molecular weight is 347 g/mol. The van der Waals surface area contributed by atoms with E-state index in [0.717, 1.165) is 0 Å². The Balaban J connectivity index is 0.00000242. The van der Waals surface area contributed by atoms with Gasteiger partial charge in [-0.15, -0.1) is 12.4 Å². The van der Waals surface area contributed by atoms with Gasteiger partial charge in [-0.1, -0.05) is 12.1 Å². The summed E-state index contributed by atoms with van der Waals surface area (Å²) in [5, 5.41) is 2.70. The molecule has 22 heavy (non-hydrogen) atoms. The molecule has 9 heteroatoms. The number of carbonyl (C=O) groups is 1. The molecule has 0 fully saturated rings. The van der Waals surface area contributed by atoms with E-state index in [2.05, 4.69) is 15.0 Å². The van der Waals surface area contributed by atoms with Crippen LogP contribution in [0.1, 0.15) is 18.9 Å². The summed E-state index contributed by atoms with van der Waals surface area (Å²) in [6.45, 7) is 2.59. The second-order valence-corrected chi connectivity index (χ2v) is 6.34. The van der Waals surface area contributed by atoms with Crippen molar-refractivity contribution in [3.05, 3.63) is 29.8 Å². The van der Waals surface area contributed by atoms with Crippen LogP contribution in [0.4, 0.5) is 0 Å². The Labute approximate surface area is 135 Å². The molecule has 0 saturated heterocycles. The van der Waals surface area contributed by atoms with E-state index in [1.54, 1.807) is 25.1 Å². The maximum absolute atomic E-state index is 11.9. The number of nitrogens with zero attached hydrogens (tertiary/aromatic N) is 1. The summed E-state index contributed by atoms with van der Waals surface area (Å²) >= 11 is 0. The molecule has 1 aliphatic rings. The standard InChI is InChI=1S/C13H18N4O3S.ClH/c1-9(13(18)15-8-4-7-14)16-12-10-5-2-3-6-11(10)21(19,20)17-12;/h2-3,5-6,9H,4,7-8,14H2,1H3,(H,15,18)(H,16,17);1H. The Morgan fingerprint density at radius 2 is 2.09 bits per heavy atom. The third-order valence-electron chi connectivity index (χ3n) is 3.05. The zero-order valence-electron chi connectivity index (χ0n) is 12.1. The lowest BCUT2D eigenvalue weighted by atomic mass is 10.2. The third-order valence-corrected chi connectivity index (χ3v) is 4.44. The van der Waals surface area contributed by atoms with Gasteiger partial charge >= 0.3 is 0 Å². The molecule has 0 aromatic heterocycles. The second kappa shape index (κ2) is 7.57. The molecule has 0 bridgehead atoms. The number of fused-ring (bicyclic) bond motifs is 1. The summed E-state index contributed by atoms with van der Waals surface area (Å²) in [7, 11) is -3.58. The van der Waals surface area contributed by atoms with Crippen molar-refractivity contribution in [3.8, 4) is 0 Å². The topological polar surface area (TPSA) is 114 Å². The van der Waals surface area contributed by atoms with Gasteiger partial charge in [0.1, 0.15) is 11.9 Å². The zero-order valence-corrected chi connectivity index (χ0v) is 13.7. The molecular weight excluding hydrogens is 328 g/mol. The number of nitrogens with two attached hydrogens (primary N) is 1. The van der Waals surface area contributed by atoms with Gasteiger partial charge in [0.05, 0.1) is 4.90 Å². The van der Waals surface area contributed by atoms with Crippen molar-refractivity contribution >= 4 is 34.2 Å². The Hall–Kier alpha value is -1.64. The van der Waals surface area contributed by atoms with Crippen LogP contribution >= 0.6 is 12.4 Å². The summed E-state index contributed by atoms with van der Waals surface area (Å²) in [4.78, 5) is 16.2. The molecule has 1 heterocycles. The third kappa shape index (κ3) is 3.96. The highest BCUT2D eigenvalue weighted by Gasteiger charge is 2.31. The number of carbonyl (C=O) groups excluding carboxylic acids is 1. The van der Waals surface area contributed by atoms with Gasteiger partial charge in [-0.05, 0) is 32.0 Å². The molecule has 122 valence electrons. The number of hydrogen-bond donors (Lipinski definition) is 3. The van der Waals surface area contributed by atoms with E-state index in [1.165, 1.54) is 6.07 Å². The first-order valence-electron chi connectivity index (χ1n) is 6.63. The van der Waals surface area contributed by atoms with Crippen molar-refractivity contribution in [2.24, 2.45) is 10.7 Å². The van der Waals surface area contributed by atoms with E-state index in [-0.39, 0.29) is 29.0 Å². The van der Waals surface area contributed by atoms with Crippen molar-refractivity contribution in [2.45, 2.75) is 24.3 Å². The minimum atomic E-state index is -3.58. The minimum absolute atomic E-state index is 0. The Morgan fingerprint density at radius 3 is 2.77 bits per heavy atom. The van der Waals surface area contributed by atoms with E-state index >= 15 is 0 Å².